The highest BCUT2D eigenvalue weighted by molar-refractivity contribution is 5.83. The number of carbonyl (C=O) groups is 1. The van der Waals surface area contributed by atoms with Gasteiger partial charge in [-0.15, -0.1) is 0 Å². The Morgan fingerprint density at radius 2 is 2.00 bits per heavy atom. The van der Waals surface area contributed by atoms with Gasteiger partial charge in [0.05, 0.1) is 6.04 Å². The van der Waals surface area contributed by atoms with E-state index >= 15 is 0 Å². The summed E-state index contributed by atoms with van der Waals surface area (Å²) < 4.78 is 0. The molecule has 1 amide bonds. The third-order valence-electron chi connectivity index (χ3n) is 4.77. The molecule has 1 saturated heterocycles. The molecule has 0 bridgehead atoms. The Bertz CT molecular complexity index is 289. The number of carbonyl (C=O) groups excluding carboxylic acids is 1. The number of piperidine rings is 1. The third kappa shape index (κ3) is 2.49. The van der Waals surface area contributed by atoms with Crippen LogP contribution in [0.3, 0.4) is 0 Å². The predicted molar refractivity (Wildman–Crippen MR) is 69.8 cm³/mol. The van der Waals surface area contributed by atoms with E-state index in [2.05, 4.69) is 31.4 Å². The first kappa shape index (κ1) is 12.9. The summed E-state index contributed by atoms with van der Waals surface area (Å²) in [5.41, 5.74) is 0.202. The molecule has 1 heterocycles. The molecule has 2 fully saturated rings. The Balaban J connectivity index is 1.99. The summed E-state index contributed by atoms with van der Waals surface area (Å²) in [7, 11) is 0. The Labute approximate surface area is 105 Å². The molecule has 0 radical (unpaired) electrons. The lowest BCUT2D eigenvalue weighted by atomic mass is 9.73. The van der Waals surface area contributed by atoms with Crippen molar-refractivity contribution < 1.29 is 4.79 Å². The molecule has 17 heavy (non-hydrogen) atoms. The van der Waals surface area contributed by atoms with Crippen molar-refractivity contribution in [1.82, 2.24) is 10.6 Å². The van der Waals surface area contributed by atoms with E-state index in [0.717, 1.165) is 32.2 Å². The lowest BCUT2D eigenvalue weighted by Gasteiger charge is -2.45. The zero-order valence-corrected chi connectivity index (χ0v) is 11.4. The van der Waals surface area contributed by atoms with Gasteiger partial charge in [0.15, 0.2) is 0 Å². The fourth-order valence-electron chi connectivity index (χ4n) is 3.16. The molecule has 1 unspecified atom stereocenters. The summed E-state index contributed by atoms with van der Waals surface area (Å²) in [5, 5.41) is 6.70. The van der Waals surface area contributed by atoms with Crippen LogP contribution in [0.4, 0.5) is 0 Å². The molecule has 0 spiro atoms. The highest BCUT2D eigenvalue weighted by Gasteiger charge is 2.42. The fourth-order valence-corrected chi connectivity index (χ4v) is 3.16. The second-order valence-electron chi connectivity index (χ2n) is 6.46. The van der Waals surface area contributed by atoms with Gasteiger partial charge in [-0.1, -0.05) is 20.8 Å². The Hall–Kier alpha value is -0.570. The molecule has 0 aromatic rings. The maximum atomic E-state index is 12.4. The van der Waals surface area contributed by atoms with Crippen LogP contribution in [-0.4, -0.2) is 24.0 Å². The molecule has 1 aliphatic carbocycles. The largest absolute Gasteiger partial charge is 0.349 e. The number of rotatable bonds is 3. The molecule has 1 atom stereocenters. The predicted octanol–water partition coefficient (Wildman–Crippen LogP) is 2.21. The summed E-state index contributed by atoms with van der Waals surface area (Å²) in [6.07, 6.45) is 6.94. The summed E-state index contributed by atoms with van der Waals surface area (Å²) in [5.74, 6) is 0.219. The van der Waals surface area contributed by atoms with Gasteiger partial charge >= 0.3 is 0 Å². The molecule has 98 valence electrons. The first-order valence-electron chi connectivity index (χ1n) is 7.05. The molecule has 3 nitrogen and oxygen atoms in total. The normalized spacial score (nSPS) is 30.4. The quantitative estimate of drug-likeness (QED) is 0.791. The van der Waals surface area contributed by atoms with Gasteiger partial charge in [0.25, 0.3) is 0 Å². The van der Waals surface area contributed by atoms with Gasteiger partial charge in [0.1, 0.15) is 0 Å². The van der Waals surface area contributed by atoms with Crippen molar-refractivity contribution in [2.75, 3.05) is 6.54 Å². The average Bonchev–Trinajstić information content (AvgIpc) is 2.22. The van der Waals surface area contributed by atoms with E-state index in [9.17, 15) is 4.79 Å². The van der Waals surface area contributed by atoms with Crippen molar-refractivity contribution >= 4 is 5.91 Å². The van der Waals surface area contributed by atoms with Gasteiger partial charge in [-0.3, -0.25) is 4.79 Å². The number of nitrogens with one attached hydrogen (secondary N) is 2. The zero-order valence-electron chi connectivity index (χ0n) is 11.4. The summed E-state index contributed by atoms with van der Waals surface area (Å²) in [6, 6.07) is -0.0136. The minimum Gasteiger partial charge on any atom is -0.349 e. The molecule has 3 heteroatoms. The smallest absolute Gasteiger partial charge is 0.238 e. The van der Waals surface area contributed by atoms with E-state index in [1.54, 1.807) is 0 Å². The monoisotopic (exact) mass is 238 g/mol. The van der Waals surface area contributed by atoms with E-state index in [-0.39, 0.29) is 22.9 Å². The van der Waals surface area contributed by atoms with Crippen LogP contribution >= 0.6 is 0 Å². The SMILES string of the molecule is CCC1(NC(=O)C2NCCCC2(C)C)CCC1. The molecule has 2 N–H and O–H groups in total. The van der Waals surface area contributed by atoms with Crippen molar-refractivity contribution in [3.63, 3.8) is 0 Å². The van der Waals surface area contributed by atoms with Crippen molar-refractivity contribution in [2.24, 2.45) is 5.41 Å². The van der Waals surface area contributed by atoms with Crippen molar-refractivity contribution in [3.05, 3.63) is 0 Å². The highest BCUT2D eigenvalue weighted by atomic mass is 16.2. The van der Waals surface area contributed by atoms with Gasteiger partial charge in [0, 0.05) is 5.54 Å². The summed E-state index contributed by atoms with van der Waals surface area (Å²) in [4.78, 5) is 12.4. The minimum atomic E-state index is -0.0136. The zero-order chi connectivity index (χ0) is 12.5. The van der Waals surface area contributed by atoms with Gasteiger partial charge in [-0.25, -0.2) is 0 Å². The molecule has 2 aliphatic rings. The van der Waals surface area contributed by atoms with E-state index in [1.807, 2.05) is 0 Å². The molecule has 0 aromatic heterocycles. The Kier molecular flexibility index (Phi) is 3.48. The van der Waals surface area contributed by atoms with Crippen molar-refractivity contribution in [3.8, 4) is 0 Å². The number of hydrogen-bond acceptors (Lipinski definition) is 2. The second kappa shape index (κ2) is 4.60. The van der Waals surface area contributed by atoms with Crippen LogP contribution in [0.2, 0.25) is 0 Å². The van der Waals surface area contributed by atoms with Crippen LogP contribution in [0.5, 0.6) is 0 Å². The van der Waals surface area contributed by atoms with Crippen LogP contribution in [0.15, 0.2) is 0 Å². The average molecular weight is 238 g/mol. The minimum absolute atomic E-state index is 0.0136. The fraction of sp³-hybridized carbons (Fsp3) is 0.929. The topological polar surface area (TPSA) is 41.1 Å². The standard InChI is InChI=1S/C14H26N2O/c1-4-14(8-5-9-14)16-12(17)11-13(2,3)7-6-10-15-11/h11,15H,4-10H2,1-3H3,(H,16,17). The lowest BCUT2D eigenvalue weighted by Crippen LogP contribution is -2.62. The van der Waals surface area contributed by atoms with Gasteiger partial charge < -0.3 is 10.6 Å². The Morgan fingerprint density at radius 3 is 2.47 bits per heavy atom. The molecular weight excluding hydrogens is 212 g/mol. The first-order chi connectivity index (χ1) is 7.99. The molecule has 2 rings (SSSR count). The first-order valence-corrected chi connectivity index (χ1v) is 7.05. The van der Waals surface area contributed by atoms with Crippen molar-refractivity contribution in [1.29, 1.82) is 0 Å². The van der Waals surface area contributed by atoms with Gasteiger partial charge in [0.2, 0.25) is 5.91 Å². The van der Waals surface area contributed by atoms with E-state index < -0.39 is 0 Å². The molecule has 1 saturated carbocycles. The molecule has 1 aliphatic heterocycles. The number of hydrogen-bond donors (Lipinski definition) is 2. The van der Waals surface area contributed by atoms with Crippen molar-refractivity contribution in [2.45, 2.75) is 70.9 Å². The summed E-state index contributed by atoms with van der Waals surface area (Å²) >= 11 is 0. The molecular formula is C14H26N2O. The van der Waals surface area contributed by atoms with Crippen LogP contribution in [0, 0.1) is 5.41 Å². The number of amides is 1. The maximum Gasteiger partial charge on any atom is 0.238 e. The maximum absolute atomic E-state index is 12.4. The second-order valence-corrected chi connectivity index (χ2v) is 6.46. The van der Waals surface area contributed by atoms with Gasteiger partial charge in [-0.05, 0) is 50.5 Å². The van der Waals surface area contributed by atoms with Crippen LogP contribution < -0.4 is 10.6 Å². The Morgan fingerprint density at radius 1 is 1.29 bits per heavy atom. The summed E-state index contributed by atoms with van der Waals surface area (Å²) in [6.45, 7) is 7.55. The van der Waals surface area contributed by atoms with Crippen LogP contribution in [0.1, 0.15) is 59.3 Å². The molecule has 0 aromatic carbocycles. The van der Waals surface area contributed by atoms with E-state index in [4.69, 9.17) is 0 Å². The highest BCUT2D eigenvalue weighted by Crippen LogP contribution is 2.36. The lowest BCUT2D eigenvalue weighted by molar-refractivity contribution is -0.130. The van der Waals surface area contributed by atoms with Gasteiger partial charge in [-0.2, -0.15) is 0 Å². The van der Waals surface area contributed by atoms with E-state index in [1.165, 1.54) is 12.8 Å². The van der Waals surface area contributed by atoms with Crippen LogP contribution in [-0.2, 0) is 4.79 Å². The van der Waals surface area contributed by atoms with Crippen LogP contribution in [0.25, 0.3) is 0 Å². The van der Waals surface area contributed by atoms with E-state index in [0.29, 0.717) is 0 Å². The third-order valence-corrected chi connectivity index (χ3v) is 4.77.